The number of thiophene rings is 1. The van der Waals surface area contributed by atoms with Gasteiger partial charge in [-0.2, -0.15) is 0 Å². The lowest BCUT2D eigenvalue weighted by Crippen LogP contribution is -2.13. The molecule has 0 atom stereocenters. The molecule has 1 N–H and O–H groups in total. The first-order valence-electron chi connectivity index (χ1n) is 4.65. The molecule has 1 heterocycles. The highest BCUT2D eigenvalue weighted by Crippen LogP contribution is 2.35. The largest absolute Gasteiger partial charge is 0.465 e. The van der Waals surface area contributed by atoms with Crippen molar-refractivity contribution in [3.05, 3.63) is 20.4 Å². The molecule has 0 saturated carbocycles. The van der Waals surface area contributed by atoms with E-state index in [0.717, 1.165) is 11.3 Å². The Labute approximate surface area is 101 Å². The van der Waals surface area contributed by atoms with E-state index in [2.05, 4.69) is 10.1 Å². The van der Waals surface area contributed by atoms with Crippen LogP contribution in [0.3, 0.4) is 0 Å². The fraction of sp³-hybridized carbons (Fsp3) is 0.333. The zero-order valence-electron chi connectivity index (χ0n) is 9.18. The molecule has 1 rings (SSSR count). The molecule has 0 aliphatic rings. The lowest BCUT2D eigenvalue weighted by atomic mass is 10.3. The maximum absolute atomic E-state index is 11.4. The summed E-state index contributed by atoms with van der Waals surface area (Å²) in [7, 11) is 1.17. The van der Waals surface area contributed by atoms with Crippen molar-refractivity contribution in [2.45, 2.75) is 13.3 Å². The minimum Gasteiger partial charge on any atom is -0.465 e. The van der Waals surface area contributed by atoms with Crippen LogP contribution in [-0.2, 0) is 9.53 Å². The summed E-state index contributed by atoms with van der Waals surface area (Å²) in [6.07, 6.45) is 0.160. The average molecular weight is 258 g/mol. The molecule has 0 saturated heterocycles. The minimum atomic E-state index is -0.713. The van der Waals surface area contributed by atoms with E-state index in [0.29, 0.717) is 0 Å². The molecule has 0 spiro atoms. The molecular weight excluding hydrogens is 248 g/mol. The molecule has 17 heavy (non-hydrogen) atoms. The number of hydrogen-bond donors (Lipinski definition) is 1. The van der Waals surface area contributed by atoms with E-state index in [-0.39, 0.29) is 22.7 Å². The van der Waals surface area contributed by atoms with Crippen LogP contribution in [-0.4, -0.2) is 23.9 Å². The zero-order valence-corrected chi connectivity index (χ0v) is 10.00. The third-order valence-corrected chi connectivity index (χ3v) is 2.87. The van der Waals surface area contributed by atoms with Gasteiger partial charge in [-0.3, -0.25) is 14.9 Å². The van der Waals surface area contributed by atoms with E-state index in [1.54, 1.807) is 6.92 Å². The molecule has 1 aromatic rings. The normalized spacial score (nSPS) is 9.76. The lowest BCUT2D eigenvalue weighted by Gasteiger charge is -2.03. The molecule has 0 unspecified atom stereocenters. The van der Waals surface area contributed by atoms with Crippen LogP contribution in [0, 0.1) is 10.1 Å². The first-order valence-corrected chi connectivity index (χ1v) is 5.53. The van der Waals surface area contributed by atoms with Crippen molar-refractivity contribution in [3.8, 4) is 0 Å². The number of hydrogen-bond acceptors (Lipinski definition) is 6. The highest BCUT2D eigenvalue weighted by Gasteiger charge is 2.26. The van der Waals surface area contributed by atoms with Gasteiger partial charge in [0, 0.05) is 6.42 Å². The number of ether oxygens (including phenoxy) is 1. The van der Waals surface area contributed by atoms with E-state index in [1.165, 1.54) is 12.5 Å². The fourth-order valence-electron chi connectivity index (χ4n) is 1.07. The number of esters is 1. The van der Waals surface area contributed by atoms with Crippen LogP contribution in [0.1, 0.15) is 23.0 Å². The van der Waals surface area contributed by atoms with Crippen molar-refractivity contribution >= 4 is 34.6 Å². The number of anilines is 1. The Bertz CT molecular complexity index is 468. The Balaban J connectivity index is 3.19. The first kappa shape index (κ1) is 13.1. The van der Waals surface area contributed by atoms with E-state index < -0.39 is 16.8 Å². The smallest absolute Gasteiger partial charge is 0.350 e. The van der Waals surface area contributed by atoms with Gasteiger partial charge in [0.15, 0.2) is 0 Å². The molecule has 1 amide bonds. The van der Waals surface area contributed by atoms with Crippen LogP contribution in [0.15, 0.2) is 5.38 Å². The molecule has 1 aromatic heterocycles. The average Bonchev–Trinajstić information content (AvgIpc) is 2.71. The topological polar surface area (TPSA) is 98.5 Å². The molecule has 0 fully saturated rings. The standard InChI is InChI=1S/C9H10N2O5S/c1-3-6(12)10-7-5(11(14)15)4-17-8(7)9(13)16-2/h4H,3H2,1-2H3,(H,10,12). The summed E-state index contributed by atoms with van der Waals surface area (Å²) in [5.74, 6) is -1.12. The van der Waals surface area contributed by atoms with Crippen LogP contribution in [0.4, 0.5) is 11.4 Å². The molecule has 0 bridgehead atoms. The third kappa shape index (κ3) is 2.78. The molecular formula is C9H10N2O5S. The second-order valence-electron chi connectivity index (χ2n) is 2.98. The predicted molar refractivity (Wildman–Crippen MR) is 61.2 cm³/mol. The van der Waals surface area contributed by atoms with Gasteiger partial charge in [-0.05, 0) is 0 Å². The molecule has 0 aromatic carbocycles. The number of carbonyl (C=O) groups excluding carboxylic acids is 2. The number of amides is 1. The van der Waals surface area contributed by atoms with Gasteiger partial charge in [-0.25, -0.2) is 4.79 Å². The zero-order chi connectivity index (χ0) is 13.0. The number of carbonyl (C=O) groups is 2. The molecule has 0 radical (unpaired) electrons. The van der Waals surface area contributed by atoms with Gasteiger partial charge in [-0.15, -0.1) is 11.3 Å². The van der Waals surface area contributed by atoms with Gasteiger partial charge >= 0.3 is 11.7 Å². The predicted octanol–water partition coefficient (Wildman–Crippen LogP) is 1.79. The first-order chi connectivity index (χ1) is 8.01. The van der Waals surface area contributed by atoms with Crippen molar-refractivity contribution in [2.75, 3.05) is 12.4 Å². The maximum Gasteiger partial charge on any atom is 0.350 e. The highest BCUT2D eigenvalue weighted by atomic mass is 32.1. The van der Waals surface area contributed by atoms with Gasteiger partial charge in [0.05, 0.1) is 17.4 Å². The fourth-order valence-corrected chi connectivity index (χ4v) is 1.96. The second-order valence-corrected chi connectivity index (χ2v) is 3.86. The maximum atomic E-state index is 11.4. The Kier molecular flexibility index (Phi) is 4.16. The Morgan fingerprint density at radius 2 is 2.24 bits per heavy atom. The monoisotopic (exact) mass is 258 g/mol. The van der Waals surface area contributed by atoms with Crippen molar-refractivity contribution in [3.63, 3.8) is 0 Å². The number of nitrogens with zero attached hydrogens (tertiary/aromatic N) is 1. The summed E-state index contributed by atoms with van der Waals surface area (Å²) < 4.78 is 4.48. The van der Waals surface area contributed by atoms with Crippen molar-refractivity contribution in [1.82, 2.24) is 0 Å². The molecule has 7 nitrogen and oxygen atoms in total. The van der Waals surface area contributed by atoms with Crippen molar-refractivity contribution in [1.29, 1.82) is 0 Å². The summed E-state index contributed by atoms with van der Waals surface area (Å²) in [5, 5.41) is 14.3. The molecule has 0 aliphatic heterocycles. The summed E-state index contributed by atoms with van der Waals surface area (Å²) in [6.45, 7) is 1.60. The van der Waals surface area contributed by atoms with Crippen molar-refractivity contribution < 1.29 is 19.2 Å². The van der Waals surface area contributed by atoms with Gasteiger partial charge in [0.25, 0.3) is 0 Å². The van der Waals surface area contributed by atoms with Crippen LogP contribution >= 0.6 is 11.3 Å². The van der Waals surface area contributed by atoms with E-state index in [4.69, 9.17) is 0 Å². The van der Waals surface area contributed by atoms with Gasteiger partial charge < -0.3 is 10.1 Å². The second kappa shape index (κ2) is 5.39. The summed E-state index contributed by atoms with van der Waals surface area (Å²) in [6, 6.07) is 0. The summed E-state index contributed by atoms with van der Waals surface area (Å²) >= 11 is 0.859. The lowest BCUT2D eigenvalue weighted by molar-refractivity contribution is -0.383. The summed E-state index contributed by atoms with van der Waals surface area (Å²) in [5.41, 5.74) is -0.407. The van der Waals surface area contributed by atoms with Crippen LogP contribution < -0.4 is 5.32 Å². The molecule has 8 heteroatoms. The Morgan fingerprint density at radius 1 is 1.59 bits per heavy atom. The van der Waals surface area contributed by atoms with Crippen LogP contribution in [0.25, 0.3) is 0 Å². The van der Waals surface area contributed by atoms with E-state index >= 15 is 0 Å². The SMILES string of the molecule is CCC(=O)Nc1c([N+](=O)[O-])csc1C(=O)OC. The number of methoxy groups -OCH3 is 1. The Hall–Kier alpha value is -1.96. The van der Waals surface area contributed by atoms with Gasteiger partial charge in [0.1, 0.15) is 10.6 Å². The number of rotatable bonds is 4. The minimum absolute atomic E-state index is 0.0148. The van der Waals surface area contributed by atoms with E-state index in [1.807, 2.05) is 0 Å². The Morgan fingerprint density at radius 3 is 2.71 bits per heavy atom. The molecule has 92 valence electrons. The molecule has 0 aliphatic carbocycles. The van der Waals surface area contributed by atoms with Crippen molar-refractivity contribution in [2.24, 2.45) is 0 Å². The number of nitro groups is 1. The number of nitrogens with one attached hydrogen (secondary N) is 1. The van der Waals surface area contributed by atoms with Gasteiger partial charge in [-0.1, -0.05) is 6.92 Å². The van der Waals surface area contributed by atoms with Crippen LogP contribution in [0.2, 0.25) is 0 Å². The van der Waals surface area contributed by atoms with Crippen LogP contribution in [0.5, 0.6) is 0 Å². The summed E-state index contributed by atoms with van der Waals surface area (Å²) in [4.78, 5) is 32.7. The quantitative estimate of drug-likeness (QED) is 0.504. The van der Waals surface area contributed by atoms with E-state index in [9.17, 15) is 19.7 Å². The highest BCUT2D eigenvalue weighted by molar-refractivity contribution is 7.13. The van der Waals surface area contributed by atoms with Gasteiger partial charge in [0.2, 0.25) is 5.91 Å². The third-order valence-electron chi connectivity index (χ3n) is 1.92.